The van der Waals surface area contributed by atoms with Crippen molar-refractivity contribution in [1.29, 1.82) is 0 Å². The summed E-state index contributed by atoms with van der Waals surface area (Å²) in [4.78, 5) is 26.1. The number of amides is 2. The molecule has 2 aliphatic rings. The summed E-state index contributed by atoms with van der Waals surface area (Å²) >= 11 is 0. The van der Waals surface area contributed by atoms with Gasteiger partial charge in [0.25, 0.3) is 5.91 Å². The van der Waals surface area contributed by atoms with Gasteiger partial charge in [-0.05, 0) is 29.9 Å². The summed E-state index contributed by atoms with van der Waals surface area (Å²) in [6, 6.07) is 5.57. The number of hydrogen-bond acceptors (Lipinski definition) is 3. The quantitative estimate of drug-likeness (QED) is 0.768. The number of hydrazone groups is 1. The van der Waals surface area contributed by atoms with E-state index in [1.165, 1.54) is 17.1 Å². The van der Waals surface area contributed by atoms with Crippen molar-refractivity contribution < 1.29 is 22.8 Å². The van der Waals surface area contributed by atoms with Crippen molar-refractivity contribution in [2.75, 3.05) is 19.6 Å². The zero-order valence-electron chi connectivity index (χ0n) is 16.0. The van der Waals surface area contributed by atoms with Gasteiger partial charge in [-0.25, -0.2) is 5.01 Å². The van der Waals surface area contributed by atoms with E-state index in [4.69, 9.17) is 0 Å². The first-order valence-electron chi connectivity index (χ1n) is 9.47. The number of carbonyl (C=O) groups excluding carboxylic acids is 2. The maximum absolute atomic E-state index is 13.1. The molecule has 0 saturated carbocycles. The van der Waals surface area contributed by atoms with Crippen LogP contribution in [0.4, 0.5) is 13.2 Å². The van der Waals surface area contributed by atoms with Crippen LogP contribution in [0.3, 0.4) is 0 Å². The lowest BCUT2D eigenvalue weighted by Crippen LogP contribution is -2.54. The standard InChI is InChI=1S/C20H24F3N3O2/c1-13(2)10-26-18(27)8-7-17(24-26)19(28)25-11-14(12-25)9-15-5-3-4-6-16(15)20(21,22)23/h3-6,13-14H,7-12H2,1-2H3. The second-order valence-corrected chi connectivity index (χ2v) is 7.85. The third kappa shape index (κ3) is 4.54. The Hall–Kier alpha value is -2.38. The molecule has 2 aliphatic heterocycles. The Morgan fingerprint density at radius 3 is 2.54 bits per heavy atom. The van der Waals surface area contributed by atoms with Gasteiger partial charge >= 0.3 is 6.18 Å². The van der Waals surface area contributed by atoms with E-state index in [1.807, 2.05) is 13.8 Å². The van der Waals surface area contributed by atoms with Crippen molar-refractivity contribution in [1.82, 2.24) is 9.91 Å². The second kappa shape index (κ2) is 7.93. The molecule has 0 bridgehead atoms. The second-order valence-electron chi connectivity index (χ2n) is 7.85. The van der Waals surface area contributed by atoms with Gasteiger partial charge in [-0.2, -0.15) is 18.3 Å². The van der Waals surface area contributed by atoms with E-state index in [1.54, 1.807) is 11.0 Å². The first kappa shape index (κ1) is 20.4. The highest BCUT2D eigenvalue weighted by Crippen LogP contribution is 2.34. The lowest BCUT2D eigenvalue weighted by molar-refractivity contribution is -0.139. The summed E-state index contributed by atoms with van der Waals surface area (Å²) in [7, 11) is 0. The van der Waals surface area contributed by atoms with Gasteiger partial charge in [-0.15, -0.1) is 0 Å². The Labute approximate surface area is 162 Å². The minimum atomic E-state index is -4.38. The van der Waals surface area contributed by atoms with E-state index in [-0.39, 0.29) is 42.1 Å². The predicted molar refractivity (Wildman–Crippen MR) is 98.4 cm³/mol. The van der Waals surface area contributed by atoms with Crippen LogP contribution < -0.4 is 0 Å². The minimum Gasteiger partial charge on any atom is -0.337 e. The average Bonchev–Trinajstić information content (AvgIpc) is 2.58. The molecule has 28 heavy (non-hydrogen) atoms. The number of rotatable bonds is 5. The van der Waals surface area contributed by atoms with Crippen molar-refractivity contribution in [3.05, 3.63) is 35.4 Å². The van der Waals surface area contributed by atoms with Crippen LogP contribution in [0.15, 0.2) is 29.4 Å². The predicted octanol–water partition coefficient (Wildman–Crippen LogP) is 3.34. The lowest BCUT2D eigenvalue weighted by atomic mass is 9.89. The molecule has 152 valence electrons. The maximum Gasteiger partial charge on any atom is 0.416 e. The third-order valence-electron chi connectivity index (χ3n) is 4.97. The monoisotopic (exact) mass is 395 g/mol. The van der Waals surface area contributed by atoms with E-state index in [0.29, 0.717) is 31.8 Å². The van der Waals surface area contributed by atoms with E-state index in [0.717, 1.165) is 6.07 Å². The molecule has 5 nitrogen and oxygen atoms in total. The Balaban J connectivity index is 1.60. The van der Waals surface area contributed by atoms with Crippen molar-refractivity contribution in [2.45, 2.75) is 39.3 Å². The molecular weight excluding hydrogens is 371 g/mol. The molecule has 2 heterocycles. The Bertz CT molecular complexity index is 783. The number of alkyl halides is 3. The molecule has 0 N–H and O–H groups in total. The van der Waals surface area contributed by atoms with Gasteiger partial charge in [0.2, 0.25) is 5.91 Å². The van der Waals surface area contributed by atoms with Gasteiger partial charge in [0, 0.05) is 32.5 Å². The van der Waals surface area contributed by atoms with E-state index in [2.05, 4.69) is 5.10 Å². The first-order chi connectivity index (χ1) is 13.1. The van der Waals surface area contributed by atoms with Gasteiger partial charge in [0.15, 0.2) is 0 Å². The molecule has 1 aromatic carbocycles. The van der Waals surface area contributed by atoms with Crippen molar-refractivity contribution in [2.24, 2.45) is 16.9 Å². The topological polar surface area (TPSA) is 53.0 Å². The van der Waals surface area contributed by atoms with Crippen LogP contribution in [0.5, 0.6) is 0 Å². The van der Waals surface area contributed by atoms with Gasteiger partial charge in [-0.3, -0.25) is 9.59 Å². The smallest absolute Gasteiger partial charge is 0.337 e. The third-order valence-corrected chi connectivity index (χ3v) is 4.97. The highest BCUT2D eigenvalue weighted by molar-refractivity contribution is 6.39. The van der Waals surface area contributed by atoms with Gasteiger partial charge in [0.1, 0.15) is 5.71 Å². The lowest BCUT2D eigenvalue weighted by Gasteiger charge is -2.40. The number of nitrogens with zero attached hydrogens (tertiary/aromatic N) is 3. The van der Waals surface area contributed by atoms with E-state index >= 15 is 0 Å². The molecule has 0 atom stereocenters. The summed E-state index contributed by atoms with van der Waals surface area (Å²) in [5, 5.41) is 5.58. The molecule has 1 fully saturated rings. The summed E-state index contributed by atoms with van der Waals surface area (Å²) in [6.45, 7) is 5.21. The molecule has 2 amide bonds. The molecule has 0 unspecified atom stereocenters. The molecule has 3 rings (SSSR count). The zero-order chi connectivity index (χ0) is 20.5. The number of carbonyl (C=O) groups is 2. The number of halogens is 3. The van der Waals surface area contributed by atoms with Gasteiger partial charge < -0.3 is 4.90 Å². The minimum absolute atomic E-state index is 0.00922. The first-order valence-corrected chi connectivity index (χ1v) is 9.47. The van der Waals surface area contributed by atoms with Crippen LogP contribution >= 0.6 is 0 Å². The molecule has 1 saturated heterocycles. The van der Waals surface area contributed by atoms with Gasteiger partial charge in [0.05, 0.1) is 5.56 Å². The molecule has 1 aromatic rings. The molecule has 0 radical (unpaired) electrons. The molecule has 0 spiro atoms. The molecular formula is C20H24F3N3O2. The van der Waals surface area contributed by atoms with Crippen LogP contribution in [0.2, 0.25) is 0 Å². The number of benzene rings is 1. The number of hydrogen-bond donors (Lipinski definition) is 0. The maximum atomic E-state index is 13.1. The van der Waals surface area contributed by atoms with Crippen LogP contribution in [-0.2, 0) is 22.2 Å². The summed E-state index contributed by atoms with van der Waals surface area (Å²) in [6.07, 6.45) is -3.53. The van der Waals surface area contributed by atoms with Gasteiger partial charge in [-0.1, -0.05) is 32.0 Å². The van der Waals surface area contributed by atoms with Crippen molar-refractivity contribution >= 4 is 17.5 Å². The Morgan fingerprint density at radius 2 is 1.89 bits per heavy atom. The number of likely N-dealkylation sites (tertiary alicyclic amines) is 1. The molecule has 0 aliphatic carbocycles. The van der Waals surface area contributed by atoms with Crippen LogP contribution in [0.1, 0.15) is 37.8 Å². The molecule has 0 aromatic heterocycles. The van der Waals surface area contributed by atoms with Crippen LogP contribution in [-0.4, -0.2) is 47.1 Å². The fourth-order valence-corrected chi connectivity index (χ4v) is 3.58. The largest absolute Gasteiger partial charge is 0.416 e. The van der Waals surface area contributed by atoms with E-state index in [9.17, 15) is 22.8 Å². The van der Waals surface area contributed by atoms with Crippen molar-refractivity contribution in [3.8, 4) is 0 Å². The van der Waals surface area contributed by atoms with E-state index < -0.39 is 11.7 Å². The summed E-state index contributed by atoms with van der Waals surface area (Å²) in [5.41, 5.74) is 0.00414. The fourth-order valence-electron chi connectivity index (χ4n) is 3.58. The average molecular weight is 395 g/mol. The normalized spacial score (nSPS) is 18.4. The molecule has 8 heteroatoms. The van der Waals surface area contributed by atoms with Crippen LogP contribution in [0.25, 0.3) is 0 Å². The van der Waals surface area contributed by atoms with Crippen LogP contribution in [0, 0.1) is 11.8 Å². The highest BCUT2D eigenvalue weighted by atomic mass is 19.4. The SMILES string of the molecule is CC(C)CN1N=C(C(=O)N2CC(Cc3ccccc3C(F)(F)F)C2)CCC1=O. The van der Waals surface area contributed by atoms with Crippen molar-refractivity contribution in [3.63, 3.8) is 0 Å². The highest BCUT2D eigenvalue weighted by Gasteiger charge is 2.38. The fraction of sp³-hybridized carbons (Fsp3) is 0.550. The summed E-state index contributed by atoms with van der Waals surface area (Å²) < 4.78 is 39.3. The zero-order valence-corrected chi connectivity index (χ0v) is 16.0. The summed E-state index contributed by atoms with van der Waals surface area (Å²) in [5.74, 6) is -0.0774. The Kier molecular flexibility index (Phi) is 5.76. The Morgan fingerprint density at radius 1 is 1.21 bits per heavy atom.